The zero-order chi connectivity index (χ0) is 23.3. The largest absolute Gasteiger partial charge is 0.490 e. The average Bonchev–Trinajstić information content (AvgIpc) is 2.75. The minimum absolute atomic E-state index is 0.0414. The summed E-state index contributed by atoms with van der Waals surface area (Å²) in [7, 11) is 0. The molecule has 0 radical (unpaired) electrons. The van der Waals surface area contributed by atoms with Crippen molar-refractivity contribution in [2.24, 2.45) is 11.8 Å². The van der Waals surface area contributed by atoms with Crippen LogP contribution >= 0.6 is 12.2 Å². The Hall–Kier alpha value is -2.35. The lowest BCUT2D eigenvalue weighted by Gasteiger charge is -2.34. The number of aromatic amines is 1. The Kier molecular flexibility index (Phi) is 8.34. The second-order valence-corrected chi connectivity index (χ2v) is 9.03. The average molecular weight is 462 g/mol. The molecular weight excluding hydrogens is 426 g/mol. The first-order valence-electron chi connectivity index (χ1n) is 11.7. The second kappa shape index (κ2) is 11.0. The molecule has 0 unspecified atom stereocenters. The zero-order valence-corrected chi connectivity index (χ0v) is 20.3. The van der Waals surface area contributed by atoms with Crippen LogP contribution in [-0.2, 0) is 11.3 Å². The van der Waals surface area contributed by atoms with Crippen molar-refractivity contribution in [2.45, 2.75) is 72.4 Å². The first kappa shape index (κ1) is 24.3. The third-order valence-electron chi connectivity index (χ3n) is 6.48. The molecular formula is C24H35N3O4S. The molecule has 2 N–H and O–H groups in total. The number of carbonyl (C=O) groups is 1. The van der Waals surface area contributed by atoms with Gasteiger partial charge in [-0.3, -0.25) is 14.2 Å². The van der Waals surface area contributed by atoms with E-state index in [1.165, 1.54) is 11.0 Å². The number of nitrogens with one attached hydrogen (secondary N) is 2. The lowest BCUT2D eigenvalue weighted by atomic mass is 9.78. The maximum atomic E-state index is 13.1. The fraction of sp³-hybridized carbons (Fsp3) is 0.625. The molecule has 0 aliphatic heterocycles. The molecule has 1 aliphatic carbocycles. The van der Waals surface area contributed by atoms with Crippen molar-refractivity contribution in [3.05, 3.63) is 27.3 Å². The van der Waals surface area contributed by atoms with Crippen molar-refractivity contribution in [3.8, 4) is 11.5 Å². The number of benzene rings is 1. The van der Waals surface area contributed by atoms with E-state index in [0.717, 1.165) is 12.8 Å². The van der Waals surface area contributed by atoms with E-state index >= 15 is 0 Å². The van der Waals surface area contributed by atoms with Gasteiger partial charge in [-0.05, 0) is 56.8 Å². The molecule has 32 heavy (non-hydrogen) atoms. The Morgan fingerprint density at radius 2 is 1.88 bits per heavy atom. The van der Waals surface area contributed by atoms with E-state index in [-0.39, 0.29) is 17.5 Å². The molecule has 1 aromatic heterocycles. The summed E-state index contributed by atoms with van der Waals surface area (Å²) in [4.78, 5) is 28.7. The first-order chi connectivity index (χ1) is 15.3. The van der Waals surface area contributed by atoms with Crippen LogP contribution in [0.4, 0.5) is 0 Å². The van der Waals surface area contributed by atoms with Crippen LogP contribution in [0.15, 0.2) is 16.9 Å². The number of aromatic nitrogens is 2. The van der Waals surface area contributed by atoms with Crippen molar-refractivity contribution < 1.29 is 14.3 Å². The van der Waals surface area contributed by atoms with Gasteiger partial charge in [0.15, 0.2) is 16.3 Å². The molecule has 3 atom stereocenters. The summed E-state index contributed by atoms with van der Waals surface area (Å²) in [6, 6.07) is 3.70. The van der Waals surface area contributed by atoms with E-state index in [1.54, 1.807) is 12.1 Å². The fourth-order valence-electron chi connectivity index (χ4n) is 4.46. The monoisotopic (exact) mass is 461 g/mol. The number of fused-ring (bicyclic) bond motifs is 1. The standard InChI is InChI=1S/C24H35N3O4S/c1-5-30-20-13-17-19(14-21(20)31-6-2)26-24(32)27(23(17)29)12-8-11-22(28)25-18-10-7-9-15(3)16(18)4/h13-16,18H,5-12H2,1-4H3,(H,25,28)(H,26,32)/t15-,16+,18+/m0/s1. The third kappa shape index (κ3) is 5.52. The minimum atomic E-state index is -0.192. The van der Waals surface area contributed by atoms with Crippen LogP contribution in [-0.4, -0.2) is 34.7 Å². The third-order valence-corrected chi connectivity index (χ3v) is 6.81. The second-order valence-electron chi connectivity index (χ2n) is 8.64. The van der Waals surface area contributed by atoms with Gasteiger partial charge in [0.25, 0.3) is 5.56 Å². The fourth-order valence-corrected chi connectivity index (χ4v) is 4.75. The summed E-state index contributed by atoms with van der Waals surface area (Å²) >= 11 is 5.43. The maximum absolute atomic E-state index is 13.1. The normalized spacial score (nSPS) is 20.8. The van der Waals surface area contributed by atoms with E-state index in [1.807, 2.05) is 13.8 Å². The van der Waals surface area contributed by atoms with Crippen molar-refractivity contribution in [2.75, 3.05) is 13.2 Å². The number of hydrogen-bond acceptors (Lipinski definition) is 5. The molecule has 7 nitrogen and oxygen atoms in total. The van der Waals surface area contributed by atoms with Crippen LogP contribution < -0.4 is 20.3 Å². The number of amides is 1. The molecule has 1 amide bonds. The Morgan fingerprint density at radius 1 is 1.19 bits per heavy atom. The summed E-state index contributed by atoms with van der Waals surface area (Å²) < 4.78 is 13.2. The molecule has 0 saturated heterocycles. The summed E-state index contributed by atoms with van der Waals surface area (Å²) in [5.41, 5.74) is 0.421. The van der Waals surface area contributed by atoms with Crippen molar-refractivity contribution >= 4 is 29.0 Å². The van der Waals surface area contributed by atoms with Gasteiger partial charge in [-0.2, -0.15) is 0 Å². The number of rotatable bonds is 9. The molecule has 0 spiro atoms. The van der Waals surface area contributed by atoms with E-state index in [4.69, 9.17) is 21.7 Å². The summed E-state index contributed by atoms with van der Waals surface area (Å²) in [6.07, 6.45) is 4.34. The number of nitrogens with zero attached hydrogens (tertiary/aromatic N) is 1. The molecule has 1 fully saturated rings. The van der Waals surface area contributed by atoms with Crippen LogP contribution in [0.2, 0.25) is 0 Å². The van der Waals surface area contributed by atoms with Gasteiger partial charge in [0.2, 0.25) is 5.91 Å². The Labute approximate surface area is 194 Å². The molecule has 1 saturated carbocycles. The minimum Gasteiger partial charge on any atom is -0.490 e. The molecule has 8 heteroatoms. The SMILES string of the molecule is CCOc1cc2[nH]c(=S)n(CCCC(=O)N[C@@H]3CCC[C@H](C)[C@H]3C)c(=O)c2cc1OCC. The molecule has 1 aromatic carbocycles. The smallest absolute Gasteiger partial charge is 0.262 e. The Bertz CT molecular complexity index is 1060. The first-order valence-corrected chi connectivity index (χ1v) is 12.1. The van der Waals surface area contributed by atoms with Crippen molar-refractivity contribution in [1.29, 1.82) is 0 Å². The van der Waals surface area contributed by atoms with Crippen LogP contribution in [0.3, 0.4) is 0 Å². The van der Waals surface area contributed by atoms with Crippen LogP contribution in [0, 0.1) is 16.6 Å². The number of carbonyl (C=O) groups excluding carboxylic acids is 1. The topological polar surface area (TPSA) is 85.4 Å². The number of hydrogen-bond donors (Lipinski definition) is 2. The highest BCUT2D eigenvalue weighted by atomic mass is 32.1. The van der Waals surface area contributed by atoms with Gasteiger partial charge in [0.1, 0.15) is 0 Å². The van der Waals surface area contributed by atoms with Crippen LogP contribution in [0.1, 0.15) is 59.8 Å². The molecule has 0 bridgehead atoms. The Balaban J connectivity index is 1.71. The van der Waals surface area contributed by atoms with Gasteiger partial charge in [-0.15, -0.1) is 0 Å². The molecule has 1 aliphatic rings. The van der Waals surface area contributed by atoms with E-state index in [0.29, 0.717) is 71.6 Å². The lowest BCUT2D eigenvalue weighted by Crippen LogP contribution is -2.43. The number of ether oxygens (including phenoxy) is 2. The van der Waals surface area contributed by atoms with Crippen molar-refractivity contribution in [1.82, 2.24) is 14.9 Å². The van der Waals surface area contributed by atoms with Gasteiger partial charge in [0, 0.05) is 25.1 Å². The van der Waals surface area contributed by atoms with Gasteiger partial charge in [0.05, 0.1) is 24.1 Å². The molecule has 1 heterocycles. The maximum Gasteiger partial charge on any atom is 0.262 e. The summed E-state index contributed by atoms with van der Waals surface area (Å²) in [5.74, 6) is 2.28. The molecule has 176 valence electrons. The van der Waals surface area contributed by atoms with Gasteiger partial charge in [-0.1, -0.05) is 26.7 Å². The van der Waals surface area contributed by atoms with Gasteiger partial charge >= 0.3 is 0 Å². The predicted molar refractivity (Wildman–Crippen MR) is 129 cm³/mol. The highest BCUT2D eigenvalue weighted by molar-refractivity contribution is 7.71. The predicted octanol–water partition coefficient (Wildman–Crippen LogP) is 4.58. The lowest BCUT2D eigenvalue weighted by molar-refractivity contribution is -0.122. The van der Waals surface area contributed by atoms with Gasteiger partial charge < -0.3 is 19.8 Å². The summed E-state index contributed by atoms with van der Waals surface area (Å²) in [5, 5.41) is 3.68. The quantitative estimate of drug-likeness (QED) is 0.534. The van der Waals surface area contributed by atoms with Crippen LogP contribution in [0.5, 0.6) is 11.5 Å². The highest BCUT2D eigenvalue weighted by Gasteiger charge is 2.27. The molecule has 2 aromatic rings. The number of H-pyrrole nitrogens is 1. The van der Waals surface area contributed by atoms with E-state index in [2.05, 4.69) is 24.1 Å². The van der Waals surface area contributed by atoms with E-state index in [9.17, 15) is 9.59 Å². The van der Waals surface area contributed by atoms with Crippen molar-refractivity contribution in [3.63, 3.8) is 0 Å². The summed E-state index contributed by atoms with van der Waals surface area (Å²) in [6.45, 7) is 9.59. The zero-order valence-electron chi connectivity index (χ0n) is 19.5. The van der Waals surface area contributed by atoms with Crippen LogP contribution in [0.25, 0.3) is 10.9 Å². The van der Waals surface area contributed by atoms with Gasteiger partial charge in [-0.25, -0.2) is 0 Å². The highest BCUT2D eigenvalue weighted by Crippen LogP contribution is 2.31. The molecule has 3 rings (SSSR count). The Morgan fingerprint density at radius 3 is 2.56 bits per heavy atom. The van der Waals surface area contributed by atoms with E-state index < -0.39 is 0 Å².